The highest BCUT2D eigenvalue weighted by atomic mass is 79.9. The Morgan fingerprint density at radius 2 is 2.09 bits per heavy atom. The zero-order chi connectivity index (χ0) is 16.1. The minimum atomic E-state index is -0.522. The molecule has 0 bridgehead atoms. The molecule has 2 aromatic carbocycles. The lowest BCUT2D eigenvalue weighted by molar-refractivity contribution is 0.0600. The molecule has 112 valence electrons. The van der Waals surface area contributed by atoms with Crippen molar-refractivity contribution >= 4 is 39.2 Å². The molecule has 2 aromatic rings. The number of halogens is 2. The van der Waals surface area contributed by atoms with Crippen LogP contribution in [0, 0.1) is 6.57 Å². The lowest BCUT2D eigenvalue weighted by atomic mass is 10.2. The first-order valence-corrected chi connectivity index (χ1v) is 7.39. The minimum absolute atomic E-state index is 0.246. The van der Waals surface area contributed by atoms with Crippen LogP contribution in [0.4, 0.5) is 5.69 Å². The molecule has 0 heterocycles. The molecule has 0 amide bonds. The van der Waals surface area contributed by atoms with Crippen molar-refractivity contribution in [1.29, 1.82) is 0 Å². The van der Waals surface area contributed by atoms with Crippen LogP contribution in [0.2, 0.25) is 5.02 Å². The second-order valence-corrected chi connectivity index (χ2v) is 5.57. The van der Waals surface area contributed by atoms with Crippen molar-refractivity contribution in [3.63, 3.8) is 0 Å². The van der Waals surface area contributed by atoms with Crippen LogP contribution in [0.5, 0.6) is 5.75 Å². The quantitative estimate of drug-likeness (QED) is 0.552. The maximum Gasteiger partial charge on any atom is 0.339 e. The van der Waals surface area contributed by atoms with E-state index in [1.807, 2.05) is 0 Å². The topological polar surface area (TPSA) is 39.9 Å². The van der Waals surface area contributed by atoms with Gasteiger partial charge in [0.25, 0.3) is 0 Å². The van der Waals surface area contributed by atoms with Gasteiger partial charge in [-0.15, -0.1) is 0 Å². The fourth-order valence-corrected chi connectivity index (χ4v) is 2.32. The second-order valence-electron chi connectivity index (χ2n) is 4.31. The Morgan fingerprint density at radius 3 is 2.77 bits per heavy atom. The average Bonchev–Trinajstić information content (AvgIpc) is 2.54. The molecular formula is C16H11BrClNO3. The lowest BCUT2D eigenvalue weighted by Crippen LogP contribution is -2.03. The Labute approximate surface area is 141 Å². The highest BCUT2D eigenvalue weighted by molar-refractivity contribution is 9.10. The van der Waals surface area contributed by atoms with Crippen LogP contribution < -0.4 is 4.74 Å². The first kappa shape index (κ1) is 16.3. The van der Waals surface area contributed by atoms with Crippen LogP contribution in [-0.2, 0) is 11.3 Å². The van der Waals surface area contributed by atoms with Crippen molar-refractivity contribution in [2.45, 2.75) is 6.61 Å². The fraction of sp³-hybridized carbons (Fsp3) is 0.125. The highest BCUT2D eigenvalue weighted by Crippen LogP contribution is 2.26. The number of hydrogen-bond acceptors (Lipinski definition) is 3. The van der Waals surface area contributed by atoms with Gasteiger partial charge in [-0.2, -0.15) is 0 Å². The summed E-state index contributed by atoms with van der Waals surface area (Å²) < 4.78 is 11.2. The summed E-state index contributed by atoms with van der Waals surface area (Å²) in [5.41, 5.74) is 1.62. The summed E-state index contributed by atoms with van der Waals surface area (Å²) >= 11 is 9.37. The molecule has 0 aliphatic heterocycles. The van der Waals surface area contributed by atoms with Crippen LogP contribution in [0.15, 0.2) is 40.9 Å². The number of carbonyl (C=O) groups excluding carboxylic acids is 1. The van der Waals surface area contributed by atoms with Crippen molar-refractivity contribution in [2.24, 2.45) is 0 Å². The summed E-state index contributed by atoms with van der Waals surface area (Å²) in [6, 6.07) is 10.0. The molecule has 0 saturated carbocycles. The second kappa shape index (κ2) is 7.30. The lowest BCUT2D eigenvalue weighted by Gasteiger charge is -2.10. The molecule has 0 aromatic heterocycles. The Balaban J connectivity index is 2.19. The first-order chi connectivity index (χ1) is 10.5. The summed E-state index contributed by atoms with van der Waals surface area (Å²) in [7, 11) is 1.29. The number of ether oxygens (including phenoxy) is 2. The third-order valence-corrected chi connectivity index (χ3v) is 4.00. The molecule has 2 rings (SSSR count). The Kier molecular flexibility index (Phi) is 5.42. The fourth-order valence-electron chi connectivity index (χ4n) is 1.76. The summed E-state index contributed by atoms with van der Waals surface area (Å²) in [6.07, 6.45) is 0. The SMILES string of the molecule is [C-]#[N+]c1ccc(Br)c(COc2ccc(Cl)c(C(=O)OC)c2)c1. The summed E-state index contributed by atoms with van der Waals surface area (Å²) in [5, 5.41) is 0.301. The molecule has 0 aliphatic rings. The van der Waals surface area contributed by atoms with Crippen LogP contribution in [0.1, 0.15) is 15.9 Å². The zero-order valence-electron chi connectivity index (χ0n) is 11.6. The number of nitrogens with zero attached hydrogens (tertiary/aromatic N) is 1. The van der Waals surface area contributed by atoms with E-state index in [-0.39, 0.29) is 12.2 Å². The van der Waals surface area contributed by atoms with E-state index in [0.29, 0.717) is 16.5 Å². The molecule has 0 saturated heterocycles. The number of esters is 1. The van der Waals surface area contributed by atoms with Crippen LogP contribution >= 0.6 is 27.5 Å². The first-order valence-electron chi connectivity index (χ1n) is 6.21. The van der Waals surface area contributed by atoms with Gasteiger partial charge in [-0.25, -0.2) is 9.64 Å². The molecule has 0 fully saturated rings. The molecule has 22 heavy (non-hydrogen) atoms. The predicted molar refractivity (Wildman–Crippen MR) is 87.5 cm³/mol. The van der Waals surface area contributed by atoms with E-state index >= 15 is 0 Å². The van der Waals surface area contributed by atoms with Gasteiger partial charge in [0.05, 0.1) is 24.3 Å². The maximum atomic E-state index is 11.6. The molecule has 0 radical (unpaired) electrons. The molecule has 0 spiro atoms. The van der Waals surface area contributed by atoms with Crippen molar-refractivity contribution in [3.8, 4) is 5.75 Å². The number of hydrogen-bond donors (Lipinski definition) is 0. The largest absolute Gasteiger partial charge is 0.489 e. The monoisotopic (exact) mass is 379 g/mol. The van der Waals surface area contributed by atoms with Crippen molar-refractivity contribution in [3.05, 3.63) is 68.4 Å². The molecule has 0 atom stereocenters. The number of methoxy groups -OCH3 is 1. The van der Waals surface area contributed by atoms with Crippen LogP contribution in [0.25, 0.3) is 4.85 Å². The van der Waals surface area contributed by atoms with Crippen molar-refractivity contribution < 1.29 is 14.3 Å². The van der Waals surface area contributed by atoms with E-state index in [2.05, 4.69) is 25.5 Å². The Hall–Kier alpha value is -2.03. The van der Waals surface area contributed by atoms with E-state index in [4.69, 9.17) is 22.9 Å². The van der Waals surface area contributed by atoms with Crippen molar-refractivity contribution in [2.75, 3.05) is 7.11 Å². The van der Waals surface area contributed by atoms with Gasteiger partial charge in [0.1, 0.15) is 12.4 Å². The third kappa shape index (κ3) is 3.79. The van der Waals surface area contributed by atoms with Gasteiger partial charge in [0, 0.05) is 4.47 Å². The van der Waals surface area contributed by atoms with Gasteiger partial charge >= 0.3 is 5.97 Å². The Bertz CT molecular complexity index is 756. The van der Waals surface area contributed by atoms with E-state index in [0.717, 1.165) is 10.0 Å². The predicted octanol–water partition coefficient (Wildman–Crippen LogP) is 5.02. The van der Waals surface area contributed by atoms with E-state index in [9.17, 15) is 4.79 Å². The normalized spacial score (nSPS) is 9.91. The smallest absolute Gasteiger partial charge is 0.339 e. The van der Waals surface area contributed by atoms with E-state index < -0.39 is 5.97 Å². The zero-order valence-corrected chi connectivity index (χ0v) is 13.9. The summed E-state index contributed by atoms with van der Waals surface area (Å²) in [4.78, 5) is 15.0. The van der Waals surface area contributed by atoms with Crippen LogP contribution in [-0.4, -0.2) is 13.1 Å². The number of carbonyl (C=O) groups is 1. The molecule has 6 heteroatoms. The number of benzene rings is 2. The molecule has 4 nitrogen and oxygen atoms in total. The van der Waals surface area contributed by atoms with E-state index in [1.165, 1.54) is 13.2 Å². The Morgan fingerprint density at radius 1 is 1.32 bits per heavy atom. The van der Waals surface area contributed by atoms with Gasteiger partial charge in [-0.05, 0) is 29.8 Å². The van der Waals surface area contributed by atoms with Gasteiger partial charge in [-0.1, -0.05) is 39.7 Å². The maximum absolute atomic E-state index is 11.6. The molecule has 0 unspecified atom stereocenters. The average molecular weight is 381 g/mol. The van der Waals surface area contributed by atoms with Gasteiger partial charge in [-0.3, -0.25) is 0 Å². The minimum Gasteiger partial charge on any atom is -0.489 e. The molecular weight excluding hydrogens is 370 g/mol. The number of rotatable bonds is 4. The standard InChI is InChI=1S/C16H11BrClNO3/c1-19-11-3-5-14(17)10(7-11)9-22-12-4-6-15(18)13(8-12)16(20)21-2/h3-8H,9H2,2H3. The van der Waals surface area contributed by atoms with Gasteiger partial charge in [0.2, 0.25) is 0 Å². The van der Waals surface area contributed by atoms with Gasteiger partial charge < -0.3 is 9.47 Å². The summed E-state index contributed by atoms with van der Waals surface area (Å²) in [6.45, 7) is 7.29. The molecule has 0 N–H and O–H groups in total. The highest BCUT2D eigenvalue weighted by Gasteiger charge is 2.12. The van der Waals surface area contributed by atoms with Crippen molar-refractivity contribution in [1.82, 2.24) is 0 Å². The summed E-state index contributed by atoms with van der Waals surface area (Å²) in [5.74, 6) is -0.0310. The van der Waals surface area contributed by atoms with E-state index in [1.54, 1.807) is 30.3 Å². The van der Waals surface area contributed by atoms with Crippen LogP contribution in [0.3, 0.4) is 0 Å². The third-order valence-electron chi connectivity index (χ3n) is 2.90. The molecule has 0 aliphatic carbocycles. The van der Waals surface area contributed by atoms with Gasteiger partial charge in [0.15, 0.2) is 5.69 Å².